The fraction of sp³-hybridized carbons (Fsp3) is 0.278. The Morgan fingerprint density at radius 1 is 1.08 bits per heavy atom. The number of aromatic hydroxyl groups is 2. The van der Waals surface area contributed by atoms with Gasteiger partial charge in [0.25, 0.3) is 0 Å². The molecule has 0 amide bonds. The first kappa shape index (κ1) is 15.0. The summed E-state index contributed by atoms with van der Waals surface area (Å²) in [5, 5.41) is 21.9. The van der Waals surface area contributed by atoms with Gasteiger partial charge < -0.3 is 19.4 Å². The number of ether oxygens (including phenoxy) is 1. The summed E-state index contributed by atoms with van der Waals surface area (Å²) in [6, 6.07) is 3.59. The lowest BCUT2D eigenvalue weighted by atomic mass is 9.86. The maximum atomic E-state index is 10.9. The van der Waals surface area contributed by atoms with Crippen molar-refractivity contribution in [3.05, 3.63) is 45.8 Å². The minimum atomic E-state index is -0.759. The van der Waals surface area contributed by atoms with E-state index >= 15 is 0 Å². The van der Waals surface area contributed by atoms with Crippen molar-refractivity contribution in [2.75, 3.05) is 0 Å². The largest absolute Gasteiger partial charge is 0.494 e. The van der Waals surface area contributed by atoms with Gasteiger partial charge in [-0.05, 0) is 54.1 Å². The van der Waals surface area contributed by atoms with Gasteiger partial charge in [-0.15, -0.1) is 0 Å². The van der Waals surface area contributed by atoms with Crippen molar-refractivity contribution in [3.63, 3.8) is 0 Å². The van der Waals surface area contributed by atoms with Crippen LogP contribution in [0.3, 0.4) is 0 Å². The van der Waals surface area contributed by atoms with Crippen LogP contribution in [0.2, 0.25) is 0 Å². The molecule has 7 heteroatoms. The van der Waals surface area contributed by atoms with Gasteiger partial charge in [-0.3, -0.25) is 0 Å². The topological polar surface area (TPSA) is 80.7 Å². The molecule has 1 aromatic carbocycles. The number of hydrogen-bond donors (Lipinski definition) is 2. The number of benzene rings is 1. The molecular weight excluding hydrogens is 388 g/mol. The van der Waals surface area contributed by atoms with Crippen molar-refractivity contribution in [1.82, 2.24) is 9.55 Å². The van der Waals surface area contributed by atoms with Gasteiger partial charge in [0.15, 0.2) is 11.5 Å². The number of rotatable bonds is 1. The molecule has 0 radical (unpaired) electrons. The third-order valence-corrected chi connectivity index (χ3v) is 5.70. The van der Waals surface area contributed by atoms with E-state index < -0.39 is 11.2 Å². The molecule has 2 aliphatic heterocycles. The number of nitrogens with zero attached hydrogens (tertiary/aromatic N) is 2. The summed E-state index contributed by atoms with van der Waals surface area (Å²) >= 11 is 3.45. The molecule has 2 unspecified atom stereocenters. The second-order valence-electron chi connectivity index (χ2n) is 6.86. The highest BCUT2D eigenvalue weighted by Gasteiger charge is 2.56. The predicted molar refractivity (Wildman–Crippen MR) is 94.0 cm³/mol. The molecule has 3 aromatic rings. The smallest absolute Gasteiger partial charge is 0.205 e. The van der Waals surface area contributed by atoms with Gasteiger partial charge >= 0.3 is 0 Å². The Bertz CT molecular complexity index is 1070. The monoisotopic (exact) mass is 402 g/mol. The minimum absolute atomic E-state index is 0.0487. The standard InChI is InChI=1S/C18H15BrN2O4/c1-8-20-13-10(5-4-9(19)14(13)24-8)21-15(22)11-12(16(21)23)18(3)7-6-17(11,2)25-18/h4-7,22-23H,1-3H3. The van der Waals surface area contributed by atoms with Crippen LogP contribution in [0.4, 0.5) is 0 Å². The van der Waals surface area contributed by atoms with E-state index in [4.69, 9.17) is 9.15 Å². The summed E-state index contributed by atoms with van der Waals surface area (Å²) in [5.41, 5.74) is 1.33. The molecule has 128 valence electrons. The number of hydrogen-bond acceptors (Lipinski definition) is 5. The van der Waals surface area contributed by atoms with Gasteiger partial charge in [0.05, 0.1) is 21.3 Å². The van der Waals surface area contributed by atoms with E-state index in [1.807, 2.05) is 26.0 Å². The lowest BCUT2D eigenvalue weighted by Crippen LogP contribution is -2.19. The van der Waals surface area contributed by atoms with Crippen molar-refractivity contribution in [1.29, 1.82) is 0 Å². The van der Waals surface area contributed by atoms with Crippen molar-refractivity contribution in [3.8, 4) is 17.4 Å². The normalized spacial score (nSPS) is 26.7. The van der Waals surface area contributed by atoms with Gasteiger partial charge in [-0.25, -0.2) is 9.55 Å². The van der Waals surface area contributed by atoms with Crippen LogP contribution in [-0.4, -0.2) is 19.8 Å². The van der Waals surface area contributed by atoms with Crippen molar-refractivity contribution in [2.45, 2.75) is 32.0 Å². The summed E-state index contributed by atoms with van der Waals surface area (Å²) in [6.45, 7) is 5.51. The molecule has 2 bridgehead atoms. The van der Waals surface area contributed by atoms with Crippen LogP contribution in [0.1, 0.15) is 30.9 Å². The van der Waals surface area contributed by atoms with E-state index in [9.17, 15) is 10.2 Å². The molecule has 25 heavy (non-hydrogen) atoms. The highest BCUT2D eigenvalue weighted by molar-refractivity contribution is 9.10. The fourth-order valence-corrected chi connectivity index (χ4v) is 4.46. The van der Waals surface area contributed by atoms with Crippen molar-refractivity contribution < 1.29 is 19.4 Å². The van der Waals surface area contributed by atoms with Gasteiger partial charge in [-0.1, -0.05) is 0 Å². The summed E-state index contributed by atoms with van der Waals surface area (Å²) in [6.07, 6.45) is 3.83. The zero-order valence-corrected chi connectivity index (χ0v) is 15.4. The Morgan fingerprint density at radius 2 is 1.68 bits per heavy atom. The fourth-order valence-electron chi connectivity index (χ4n) is 4.06. The highest BCUT2D eigenvalue weighted by Crippen LogP contribution is 2.61. The number of oxazole rings is 1. The molecule has 0 saturated carbocycles. The molecule has 0 fully saturated rings. The molecule has 5 rings (SSSR count). The van der Waals surface area contributed by atoms with Crippen molar-refractivity contribution >= 4 is 27.0 Å². The SMILES string of the molecule is Cc1nc2c(-n3c(O)c4c(c3O)C3(C)C=CC4(C)O3)ccc(Br)c2o1. The number of aryl methyl sites for hydroxylation is 1. The lowest BCUT2D eigenvalue weighted by molar-refractivity contribution is -0.0517. The maximum Gasteiger partial charge on any atom is 0.205 e. The first-order chi connectivity index (χ1) is 11.8. The van der Waals surface area contributed by atoms with Gasteiger partial charge in [-0.2, -0.15) is 0 Å². The zero-order chi connectivity index (χ0) is 17.7. The molecule has 2 N–H and O–H groups in total. The Balaban J connectivity index is 1.87. The summed E-state index contributed by atoms with van der Waals surface area (Å²) in [4.78, 5) is 4.42. The van der Waals surface area contributed by atoms with Gasteiger partial charge in [0.2, 0.25) is 11.8 Å². The van der Waals surface area contributed by atoms with E-state index in [0.717, 1.165) is 4.47 Å². The van der Waals surface area contributed by atoms with E-state index in [0.29, 0.717) is 33.8 Å². The van der Waals surface area contributed by atoms with Gasteiger partial charge in [0.1, 0.15) is 16.7 Å². The molecule has 0 spiro atoms. The third-order valence-electron chi connectivity index (χ3n) is 5.08. The molecule has 2 atom stereocenters. The Morgan fingerprint density at radius 3 is 2.28 bits per heavy atom. The summed E-state index contributed by atoms with van der Waals surface area (Å²) < 4.78 is 13.8. The first-order valence-corrected chi connectivity index (χ1v) is 8.69. The third kappa shape index (κ3) is 1.65. The van der Waals surface area contributed by atoms with Gasteiger partial charge in [0, 0.05) is 6.92 Å². The molecule has 0 aliphatic carbocycles. The average molecular weight is 403 g/mol. The second kappa shape index (κ2) is 4.28. The summed E-state index contributed by atoms with van der Waals surface area (Å²) in [7, 11) is 0. The molecule has 0 saturated heterocycles. The number of halogens is 1. The Labute approximate surface area is 151 Å². The molecular formula is C18H15BrN2O4. The molecule has 6 nitrogen and oxygen atoms in total. The van der Waals surface area contributed by atoms with Crippen LogP contribution in [0.15, 0.2) is 33.2 Å². The van der Waals surface area contributed by atoms with E-state index in [2.05, 4.69) is 20.9 Å². The highest BCUT2D eigenvalue weighted by atomic mass is 79.9. The maximum absolute atomic E-state index is 10.9. The Kier molecular flexibility index (Phi) is 2.58. The zero-order valence-electron chi connectivity index (χ0n) is 13.8. The molecule has 4 heterocycles. The van der Waals surface area contributed by atoms with Crippen LogP contribution in [-0.2, 0) is 15.9 Å². The van der Waals surface area contributed by atoms with E-state index in [1.54, 1.807) is 19.1 Å². The van der Waals surface area contributed by atoms with E-state index in [1.165, 1.54) is 4.57 Å². The van der Waals surface area contributed by atoms with E-state index in [-0.39, 0.29) is 11.8 Å². The first-order valence-electron chi connectivity index (χ1n) is 7.89. The second-order valence-corrected chi connectivity index (χ2v) is 7.71. The van der Waals surface area contributed by atoms with Crippen LogP contribution in [0.25, 0.3) is 16.8 Å². The quantitative estimate of drug-likeness (QED) is 0.598. The lowest BCUT2D eigenvalue weighted by Gasteiger charge is -2.21. The predicted octanol–water partition coefficient (Wildman–Crippen LogP) is 4.13. The Hall–Kier alpha value is -2.25. The molecule has 2 aromatic heterocycles. The van der Waals surface area contributed by atoms with Crippen LogP contribution in [0, 0.1) is 6.92 Å². The average Bonchev–Trinajstić information content (AvgIpc) is 3.21. The minimum Gasteiger partial charge on any atom is -0.494 e. The van der Waals surface area contributed by atoms with Crippen LogP contribution >= 0.6 is 15.9 Å². The number of fused-ring (bicyclic) bond motifs is 6. The number of aromatic nitrogens is 2. The van der Waals surface area contributed by atoms with Crippen molar-refractivity contribution in [2.24, 2.45) is 0 Å². The molecule has 2 aliphatic rings. The summed E-state index contributed by atoms with van der Waals surface area (Å²) in [5.74, 6) is 0.408. The van der Waals surface area contributed by atoms with Crippen LogP contribution in [0.5, 0.6) is 11.8 Å². The van der Waals surface area contributed by atoms with Crippen LogP contribution < -0.4 is 0 Å².